The first-order valence-electron chi connectivity index (χ1n) is 7.27. The third-order valence-electron chi connectivity index (χ3n) is 4.56. The van der Waals surface area contributed by atoms with Gasteiger partial charge in [-0.2, -0.15) is 0 Å². The van der Waals surface area contributed by atoms with E-state index in [-0.39, 0.29) is 5.04 Å². The van der Waals surface area contributed by atoms with E-state index in [4.69, 9.17) is 4.74 Å². The van der Waals surface area contributed by atoms with Crippen LogP contribution in [0.4, 0.5) is 5.69 Å². The number of anilines is 1. The summed E-state index contributed by atoms with van der Waals surface area (Å²) < 4.78 is 7.27. The molecule has 0 saturated carbocycles. The van der Waals surface area contributed by atoms with Crippen molar-refractivity contribution in [3.8, 4) is 5.75 Å². The van der Waals surface area contributed by atoms with Crippen molar-refractivity contribution in [2.75, 3.05) is 11.2 Å². The smallest absolute Gasteiger partial charge is 0.291 e. The van der Waals surface area contributed by atoms with Crippen LogP contribution < -0.4 is 9.30 Å². The molecule has 0 saturated heterocycles. The fourth-order valence-electron chi connectivity index (χ4n) is 2.36. The molecule has 1 aromatic carbocycles. The van der Waals surface area contributed by atoms with Gasteiger partial charge in [0.25, 0.3) is 11.7 Å². The molecule has 0 spiro atoms. The SMILES string of the molecule is CCOc1ccc2c(c1)N([Si](C)(C)C(C)(C)C)C(=O)C2=O. The summed E-state index contributed by atoms with van der Waals surface area (Å²) in [5, 5.41) is -0.0355. The largest absolute Gasteiger partial charge is 0.494 e. The highest BCUT2D eigenvalue weighted by Crippen LogP contribution is 2.44. The van der Waals surface area contributed by atoms with Crippen molar-refractivity contribution < 1.29 is 14.3 Å². The monoisotopic (exact) mass is 305 g/mol. The van der Waals surface area contributed by atoms with E-state index < -0.39 is 19.9 Å². The van der Waals surface area contributed by atoms with Crippen LogP contribution in [-0.4, -0.2) is 26.5 Å². The maximum Gasteiger partial charge on any atom is 0.291 e. The van der Waals surface area contributed by atoms with Gasteiger partial charge < -0.3 is 9.30 Å². The van der Waals surface area contributed by atoms with Crippen LogP contribution in [0.1, 0.15) is 38.1 Å². The van der Waals surface area contributed by atoms with E-state index in [0.29, 0.717) is 23.6 Å². The van der Waals surface area contributed by atoms with Crippen LogP contribution in [0.3, 0.4) is 0 Å². The molecule has 0 unspecified atom stereocenters. The molecule has 1 aromatic rings. The number of hydrogen-bond donors (Lipinski definition) is 0. The quantitative estimate of drug-likeness (QED) is 0.633. The Kier molecular flexibility index (Phi) is 3.74. The molecule has 0 bridgehead atoms. The van der Waals surface area contributed by atoms with Crippen molar-refractivity contribution in [3.63, 3.8) is 0 Å². The standard InChI is InChI=1S/C16H23NO3Si/c1-7-20-11-8-9-12-13(10-11)17(15(19)14(12)18)21(5,6)16(2,3)4/h8-10H,7H2,1-6H3. The van der Waals surface area contributed by atoms with Gasteiger partial charge in [-0.25, -0.2) is 0 Å². The molecule has 2 rings (SSSR count). The van der Waals surface area contributed by atoms with Gasteiger partial charge in [-0.1, -0.05) is 33.9 Å². The summed E-state index contributed by atoms with van der Waals surface area (Å²) in [6, 6.07) is 5.28. The van der Waals surface area contributed by atoms with Crippen molar-refractivity contribution >= 4 is 25.6 Å². The molecule has 114 valence electrons. The molecule has 1 heterocycles. The molecule has 5 heteroatoms. The Balaban J connectivity index is 2.58. The maximum absolute atomic E-state index is 12.5. The predicted molar refractivity (Wildman–Crippen MR) is 86.6 cm³/mol. The van der Waals surface area contributed by atoms with Crippen molar-refractivity contribution in [1.82, 2.24) is 0 Å². The Morgan fingerprint density at radius 1 is 1.19 bits per heavy atom. The zero-order chi connectivity index (χ0) is 16.0. The predicted octanol–water partition coefficient (Wildman–Crippen LogP) is 3.62. The van der Waals surface area contributed by atoms with E-state index in [0.717, 1.165) is 0 Å². The highest BCUT2D eigenvalue weighted by atomic mass is 28.3. The van der Waals surface area contributed by atoms with E-state index in [9.17, 15) is 9.59 Å². The first-order chi connectivity index (χ1) is 9.61. The van der Waals surface area contributed by atoms with Crippen molar-refractivity contribution in [3.05, 3.63) is 23.8 Å². The second kappa shape index (κ2) is 4.98. The average molecular weight is 305 g/mol. The lowest BCUT2D eigenvalue weighted by atomic mass is 10.1. The number of carbonyl (C=O) groups is 2. The van der Waals surface area contributed by atoms with Crippen LogP contribution in [0.25, 0.3) is 0 Å². The topological polar surface area (TPSA) is 46.6 Å². The van der Waals surface area contributed by atoms with Gasteiger partial charge >= 0.3 is 0 Å². The molecule has 1 aliphatic heterocycles. The summed E-state index contributed by atoms with van der Waals surface area (Å²) >= 11 is 0. The number of ether oxygens (including phenoxy) is 1. The lowest BCUT2D eigenvalue weighted by Crippen LogP contribution is -2.57. The Morgan fingerprint density at radius 3 is 2.33 bits per heavy atom. The highest BCUT2D eigenvalue weighted by molar-refractivity contribution is 6.90. The van der Waals surface area contributed by atoms with E-state index in [1.807, 2.05) is 13.0 Å². The molecule has 0 atom stereocenters. The zero-order valence-electron chi connectivity index (χ0n) is 13.6. The zero-order valence-corrected chi connectivity index (χ0v) is 14.6. The minimum atomic E-state index is -2.17. The summed E-state index contributed by atoms with van der Waals surface area (Å²) in [7, 11) is -2.17. The van der Waals surface area contributed by atoms with Crippen molar-refractivity contribution in [2.24, 2.45) is 0 Å². The van der Waals surface area contributed by atoms with Gasteiger partial charge in [0.15, 0.2) is 8.24 Å². The molecular weight excluding hydrogens is 282 g/mol. The lowest BCUT2D eigenvalue weighted by Gasteiger charge is -2.43. The molecule has 0 fully saturated rings. The number of rotatable bonds is 3. The first kappa shape index (κ1) is 15.8. The highest BCUT2D eigenvalue weighted by Gasteiger charge is 2.50. The molecule has 1 amide bonds. The summed E-state index contributed by atoms with van der Waals surface area (Å²) in [4.78, 5) is 24.7. The van der Waals surface area contributed by atoms with E-state index >= 15 is 0 Å². The van der Waals surface area contributed by atoms with Crippen LogP contribution in [0.15, 0.2) is 18.2 Å². The Labute approximate surface area is 127 Å². The van der Waals surface area contributed by atoms with Crippen LogP contribution >= 0.6 is 0 Å². The normalized spacial score (nSPS) is 15.4. The number of ketones is 1. The molecule has 1 aliphatic rings. The molecule has 0 aromatic heterocycles. The number of Topliss-reactive ketones (excluding diaryl/α,β-unsaturated/α-hetero) is 1. The Bertz CT molecular complexity index is 602. The second-order valence-electron chi connectivity index (χ2n) is 6.89. The van der Waals surface area contributed by atoms with Gasteiger partial charge in [-0.3, -0.25) is 9.59 Å². The molecule has 0 aliphatic carbocycles. The summed E-state index contributed by atoms with van der Waals surface area (Å²) in [5.74, 6) is -0.106. The number of nitrogens with zero attached hydrogens (tertiary/aromatic N) is 1. The van der Waals surface area contributed by atoms with E-state index in [1.54, 1.807) is 16.7 Å². The van der Waals surface area contributed by atoms with Crippen LogP contribution in [0.2, 0.25) is 18.1 Å². The van der Waals surface area contributed by atoms with E-state index in [2.05, 4.69) is 33.9 Å². The van der Waals surface area contributed by atoms with Gasteiger partial charge in [-0.05, 0) is 24.1 Å². The lowest BCUT2D eigenvalue weighted by molar-refractivity contribution is -0.113. The van der Waals surface area contributed by atoms with Crippen LogP contribution in [-0.2, 0) is 4.79 Å². The molecule has 0 radical (unpaired) electrons. The fourth-order valence-corrected chi connectivity index (χ4v) is 4.43. The molecule has 0 N–H and O–H groups in total. The van der Waals surface area contributed by atoms with Gasteiger partial charge in [0.05, 0.1) is 17.9 Å². The van der Waals surface area contributed by atoms with Gasteiger partial charge in [0, 0.05) is 6.07 Å². The summed E-state index contributed by atoms with van der Waals surface area (Å²) in [6.45, 7) is 13.1. The average Bonchev–Trinajstić information content (AvgIpc) is 2.61. The molecule has 21 heavy (non-hydrogen) atoms. The molecular formula is C16H23NO3Si. The summed E-state index contributed by atoms with van der Waals surface area (Å²) in [5.41, 5.74) is 1.20. The minimum Gasteiger partial charge on any atom is -0.494 e. The first-order valence-corrected chi connectivity index (χ1v) is 10.2. The van der Waals surface area contributed by atoms with Crippen molar-refractivity contribution in [2.45, 2.75) is 45.8 Å². The molecule has 4 nitrogen and oxygen atoms in total. The Hall–Kier alpha value is -1.62. The van der Waals surface area contributed by atoms with Gasteiger partial charge in [-0.15, -0.1) is 0 Å². The second-order valence-corrected chi connectivity index (χ2v) is 12.0. The minimum absolute atomic E-state index is 0.0355. The van der Waals surface area contributed by atoms with Gasteiger partial charge in [0.2, 0.25) is 0 Å². The van der Waals surface area contributed by atoms with Crippen LogP contribution in [0.5, 0.6) is 5.75 Å². The number of hydrogen-bond acceptors (Lipinski definition) is 3. The van der Waals surface area contributed by atoms with Crippen LogP contribution in [0, 0.1) is 0 Å². The third kappa shape index (κ3) is 2.39. The number of benzene rings is 1. The Morgan fingerprint density at radius 2 is 1.81 bits per heavy atom. The number of fused-ring (bicyclic) bond motifs is 1. The van der Waals surface area contributed by atoms with E-state index in [1.165, 1.54) is 0 Å². The van der Waals surface area contributed by atoms with Crippen molar-refractivity contribution in [1.29, 1.82) is 0 Å². The number of carbonyl (C=O) groups excluding carboxylic acids is 2. The fraction of sp³-hybridized carbons (Fsp3) is 0.500. The van der Waals surface area contributed by atoms with Gasteiger partial charge in [0.1, 0.15) is 5.75 Å². The third-order valence-corrected chi connectivity index (χ3v) is 9.79. The summed E-state index contributed by atoms with van der Waals surface area (Å²) in [6.07, 6.45) is 0. The maximum atomic E-state index is 12.5. The number of amides is 1.